The number of ether oxygens (including phenoxy) is 2. The van der Waals surface area contributed by atoms with Gasteiger partial charge in [-0.2, -0.15) is 5.10 Å². The van der Waals surface area contributed by atoms with E-state index in [-0.39, 0.29) is 12.3 Å². The summed E-state index contributed by atoms with van der Waals surface area (Å²) in [6.07, 6.45) is 1.88. The first-order valence-corrected chi connectivity index (χ1v) is 11.5. The number of hydrazone groups is 1. The van der Waals surface area contributed by atoms with Crippen LogP contribution in [-0.4, -0.2) is 19.2 Å². The predicted molar refractivity (Wildman–Crippen MR) is 140 cm³/mol. The molecule has 1 N–H and O–H groups in total. The summed E-state index contributed by atoms with van der Waals surface area (Å²) in [5, 5.41) is 6.44. The van der Waals surface area contributed by atoms with Crippen LogP contribution in [0.2, 0.25) is 0 Å². The molecule has 0 saturated carbocycles. The smallest absolute Gasteiger partial charge is 0.244 e. The number of carbonyl (C=O) groups is 1. The van der Waals surface area contributed by atoms with E-state index in [0.29, 0.717) is 18.1 Å². The van der Waals surface area contributed by atoms with Crippen molar-refractivity contribution in [1.82, 2.24) is 5.43 Å². The summed E-state index contributed by atoms with van der Waals surface area (Å²) in [4.78, 5) is 12.1. The van der Waals surface area contributed by atoms with Crippen LogP contribution >= 0.6 is 22.6 Å². The molecule has 33 heavy (non-hydrogen) atoms. The van der Waals surface area contributed by atoms with Gasteiger partial charge in [0.05, 0.1) is 23.3 Å². The lowest BCUT2D eigenvalue weighted by Gasteiger charge is -2.14. The molecule has 5 nitrogen and oxygen atoms in total. The fraction of sp³-hybridized carbons (Fsp3) is 0.111. The van der Waals surface area contributed by atoms with E-state index in [1.807, 2.05) is 60.7 Å². The van der Waals surface area contributed by atoms with Gasteiger partial charge in [-0.1, -0.05) is 72.8 Å². The molecule has 4 aromatic carbocycles. The summed E-state index contributed by atoms with van der Waals surface area (Å²) in [5.41, 5.74) is 5.42. The van der Waals surface area contributed by atoms with E-state index in [9.17, 15) is 4.79 Å². The molecule has 0 saturated heterocycles. The van der Waals surface area contributed by atoms with E-state index >= 15 is 0 Å². The van der Waals surface area contributed by atoms with Crippen LogP contribution in [-0.2, 0) is 17.8 Å². The van der Waals surface area contributed by atoms with Gasteiger partial charge in [-0.25, -0.2) is 5.43 Å². The molecule has 0 bridgehead atoms. The molecule has 4 rings (SSSR count). The van der Waals surface area contributed by atoms with Crippen molar-refractivity contribution in [1.29, 1.82) is 0 Å². The maximum Gasteiger partial charge on any atom is 0.244 e. The van der Waals surface area contributed by atoms with Gasteiger partial charge in [0.2, 0.25) is 5.91 Å². The molecule has 0 atom stereocenters. The summed E-state index contributed by atoms with van der Waals surface area (Å²) in [7, 11) is 1.61. The third kappa shape index (κ3) is 5.90. The Labute approximate surface area is 206 Å². The summed E-state index contributed by atoms with van der Waals surface area (Å²) >= 11 is 2.22. The molecule has 0 spiro atoms. The second-order valence-corrected chi connectivity index (χ2v) is 8.58. The zero-order valence-corrected chi connectivity index (χ0v) is 20.3. The van der Waals surface area contributed by atoms with E-state index in [4.69, 9.17) is 9.47 Å². The summed E-state index contributed by atoms with van der Waals surface area (Å²) in [6.45, 7) is 0.427. The van der Waals surface area contributed by atoms with Crippen LogP contribution in [0.1, 0.15) is 16.7 Å². The third-order valence-corrected chi connectivity index (χ3v) is 5.92. The second-order valence-electron chi connectivity index (χ2n) is 7.42. The van der Waals surface area contributed by atoms with Crippen molar-refractivity contribution in [2.45, 2.75) is 13.0 Å². The fourth-order valence-corrected chi connectivity index (χ4v) is 4.30. The Morgan fingerprint density at radius 1 is 1.00 bits per heavy atom. The number of fused-ring (bicyclic) bond motifs is 1. The first kappa shape index (κ1) is 22.8. The Morgan fingerprint density at radius 3 is 2.58 bits per heavy atom. The molecule has 0 heterocycles. The first-order chi connectivity index (χ1) is 16.1. The lowest BCUT2D eigenvalue weighted by molar-refractivity contribution is -0.120. The number of amides is 1. The van der Waals surface area contributed by atoms with Gasteiger partial charge < -0.3 is 9.47 Å². The summed E-state index contributed by atoms with van der Waals surface area (Å²) < 4.78 is 12.6. The van der Waals surface area contributed by atoms with Crippen molar-refractivity contribution in [3.63, 3.8) is 0 Å². The second kappa shape index (κ2) is 11.0. The minimum absolute atomic E-state index is 0.172. The number of rotatable bonds is 8. The number of nitrogens with zero attached hydrogens (tertiary/aromatic N) is 1. The zero-order chi connectivity index (χ0) is 23.0. The highest BCUT2D eigenvalue weighted by atomic mass is 127. The molecule has 0 fully saturated rings. The molecule has 6 heteroatoms. The Morgan fingerprint density at radius 2 is 1.76 bits per heavy atom. The first-order valence-electron chi connectivity index (χ1n) is 10.5. The van der Waals surface area contributed by atoms with Crippen molar-refractivity contribution in [3.8, 4) is 11.5 Å². The van der Waals surface area contributed by atoms with Crippen molar-refractivity contribution in [3.05, 3.63) is 105 Å². The zero-order valence-electron chi connectivity index (χ0n) is 18.1. The quantitative estimate of drug-likeness (QED) is 0.173. The minimum atomic E-state index is -0.172. The van der Waals surface area contributed by atoms with Crippen LogP contribution in [0.4, 0.5) is 0 Å². The monoisotopic (exact) mass is 550 g/mol. The number of hydrogen-bond donors (Lipinski definition) is 1. The van der Waals surface area contributed by atoms with Crippen molar-refractivity contribution < 1.29 is 14.3 Å². The van der Waals surface area contributed by atoms with Gasteiger partial charge in [0.15, 0.2) is 11.5 Å². The fourth-order valence-electron chi connectivity index (χ4n) is 3.52. The van der Waals surface area contributed by atoms with Crippen LogP contribution in [0, 0.1) is 3.57 Å². The lowest BCUT2D eigenvalue weighted by Crippen LogP contribution is -2.19. The number of carbonyl (C=O) groups excluding carboxylic acids is 1. The summed E-state index contributed by atoms with van der Waals surface area (Å²) in [5.74, 6) is 1.12. The molecular weight excluding hydrogens is 527 g/mol. The predicted octanol–water partition coefficient (Wildman–Crippen LogP) is 5.72. The van der Waals surface area contributed by atoms with Gasteiger partial charge in [0.1, 0.15) is 6.61 Å². The number of methoxy groups -OCH3 is 1. The SMILES string of the molecule is COc1cc(/C=N\NC(=O)Cc2ccccc2)cc(I)c1OCc1cccc2ccccc12. The van der Waals surface area contributed by atoms with Crippen molar-refractivity contribution in [2.75, 3.05) is 7.11 Å². The molecule has 0 aromatic heterocycles. The number of halogens is 1. The van der Waals surface area contributed by atoms with Gasteiger partial charge >= 0.3 is 0 Å². The highest BCUT2D eigenvalue weighted by Gasteiger charge is 2.12. The maximum absolute atomic E-state index is 12.1. The van der Waals surface area contributed by atoms with Crippen LogP contribution < -0.4 is 14.9 Å². The van der Waals surface area contributed by atoms with Gasteiger partial charge in [0.25, 0.3) is 0 Å². The molecule has 1 amide bonds. The average molecular weight is 550 g/mol. The number of hydrogen-bond acceptors (Lipinski definition) is 4. The largest absolute Gasteiger partial charge is 0.493 e. The maximum atomic E-state index is 12.1. The van der Waals surface area contributed by atoms with Gasteiger partial charge in [0, 0.05) is 0 Å². The average Bonchev–Trinajstić information content (AvgIpc) is 2.83. The van der Waals surface area contributed by atoms with Crippen molar-refractivity contribution >= 4 is 45.5 Å². The summed E-state index contributed by atoms with van der Waals surface area (Å²) in [6, 6.07) is 27.8. The van der Waals surface area contributed by atoms with Gasteiger partial charge in [-0.05, 0) is 62.2 Å². The molecule has 4 aromatic rings. The van der Waals surface area contributed by atoms with Crippen LogP contribution in [0.3, 0.4) is 0 Å². The number of benzene rings is 4. The molecule has 0 aliphatic rings. The third-order valence-electron chi connectivity index (χ3n) is 5.11. The normalized spacial score (nSPS) is 11.0. The van der Waals surface area contributed by atoms with Crippen LogP contribution in [0.25, 0.3) is 10.8 Å². The Hall–Kier alpha value is -3.39. The van der Waals surface area contributed by atoms with E-state index in [1.165, 1.54) is 10.8 Å². The Kier molecular flexibility index (Phi) is 7.57. The molecule has 0 aliphatic heterocycles. The molecule has 166 valence electrons. The Balaban J connectivity index is 1.44. The van der Waals surface area contributed by atoms with E-state index < -0.39 is 0 Å². The topological polar surface area (TPSA) is 59.9 Å². The van der Waals surface area contributed by atoms with Crippen LogP contribution in [0.15, 0.2) is 90.0 Å². The van der Waals surface area contributed by atoms with Gasteiger partial charge in [-0.3, -0.25) is 4.79 Å². The molecule has 0 aliphatic carbocycles. The van der Waals surface area contributed by atoms with E-state index in [1.54, 1.807) is 13.3 Å². The number of nitrogens with one attached hydrogen (secondary N) is 1. The highest BCUT2D eigenvalue weighted by molar-refractivity contribution is 14.1. The molecule has 0 radical (unpaired) electrons. The highest BCUT2D eigenvalue weighted by Crippen LogP contribution is 2.34. The molecular formula is C27H23IN2O3. The van der Waals surface area contributed by atoms with E-state index in [0.717, 1.165) is 20.3 Å². The van der Waals surface area contributed by atoms with E-state index in [2.05, 4.69) is 57.4 Å². The minimum Gasteiger partial charge on any atom is -0.493 e. The van der Waals surface area contributed by atoms with Gasteiger partial charge in [-0.15, -0.1) is 0 Å². The molecule has 0 unspecified atom stereocenters. The van der Waals surface area contributed by atoms with Crippen molar-refractivity contribution in [2.24, 2.45) is 5.10 Å². The lowest BCUT2D eigenvalue weighted by atomic mass is 10.1. The van der Waals surface area contributed by atoms with Crippen LogP contribution in [0.5, 0.6) is 11.5 Å². The Bertz CT molecular complexity index is 1280. The standard InChI is InChI=1S/C27H23IN2O3/c1-32-25-15-20(17-29-30-26(31)16-19-8-3-2-4-9-19)14-24(28)27(25)33-18-22-12-7-11-21-10-5-6-13-23(21)22/h2-15,17H,16,18H2,1H3,(H,30,31)/b29-17-.